The molecule has 0 aliphatic heterocycles. The molecule has 0 saturated carbocycles. The van der Waals surface area contributed by atoms with Gasteiger partial charge in [0.1, 0.15) is 11.6 Å². The van der Waals surface area contributed by atoms with Gasteiger partial charge in [0, 0.05) is 12.1 Å². The Labute approximate surface area is 203 Å². The molecule has 11 heteroatoms. The summed E-state index contributed by atoms with van der Waals surface area (Å²) in [5, 5.41) is 0. The van der Waals surface area contributed by atoms with Gasteiger partial charge >= 0.3 is 11.9 Å². The maximum atomic E-state index is 14.9. The molecule has 4 aromatic rings. The molecular formula is C24H20F2N4O4S. The molecule has 0 aliphatic rings. The van der Waals surface area contributed by atoms with Crippen molar-refractivity contribution in [2.75, 3.05) is 13.2 Å². The molecule has 8 nitrogen and oxygen atoms in total. The maximum Gasteiger partial charge on any atom is 0.358 e. The van der Waals surface area contributed by atoms with Gasteiger partial charge in [-0.1, -0.05) is 11.8 Å². The summed E-state index contributed by atoms with van der Waals surface area (Å²) in [5.74, 6) is -2.59. The van der Waals surface area contributed by atoms with E-state index in [0.717, 1.165) is 23.9 Å². The highest BCUT2D eigenvalue weighted by Gasteiger charge is 2.19. The maximum absolute atomic E-state index is 14.9. The third-order valence-electron chi connectivity index (χ3n) is 4.94. The number of aryl methyl sites for hydroxylation is 2. The molecular weight excluding hydrogens is 478 g/mol. The number of fused-ring (bicyclic) bond motifs is 2. The number of carbonyl (C=O) groups is 2. The zero-order valence-corrected chi connectivity index (χ0v) is 20.1. The van der Waals surface area contributed by atoms with Crippen molar-refractivity contribution in [3.63, 3.8) is 0 Å². The van der Waals surface area contributed by atoms with Crippen LogP contribution in [-0.4, -0.2) is 45.1 Å². The first-order valence-electron chi connectivity index (χ1n) is 10.7. The first-order valence-corrected chi connectivity index (χ1v) is 11.5. The van der Waals surface area contributed by atoms with Gasteiger partial charge in [-0.2, -0.15) is 0 Å². The predicted octanol–water partition coefficient (Wildman–Crippen LogP) is 4.97. The zero-order chi connectivity index (χ0) is 25.3. The number of halogens is 2. The second-order valence-corrected chi connectivity index (χ2v) is 8.48. The molecule has 180 valence electrons. The molecule has 0 fully saturated rings. The Kier molecular flexibility index (Phi) is 6.88. The van der Waals surface area contributed by atoms with Crippen LogP contribution in [-0.2, 0) is 9.47 Å². The fourth-order valence-electron chi connectivity index (χ4n) is 3.35. The predicted molar refractivity (Wildman–Crippen MR) is 125 cm³/mol. The van der Waals surface area contributed by atoms with Gasteiger partial charge in [0.15, 0.2) is 11.4 Å². The molecule has 4 rings (SSSR count). The minimum absolute atomic E-state index is 0.0101. The van der Waals surface area contributed by atoms with Crippen LogP contribution in [0.4, 0.5) is 8.78 Å². The molecule has 2 aromatic carbocycles. The molecule has 0 N–H and O–H groups in total. The first kappa shape index (κ1) is 24.4. The molecule has 0 unspecified atom stereocenters. The van der Waals surface area contributed by atoms with Crippen molar-refractivity contribution in [1.82, 2.24) is 19.9 Å². The van der Waals surface area contributed by atoms with Crippen LogP contribution in [0.5, 0.6) is 0 Å². The summed E-state index contributed by atoms with van der Waals surface area (Å²) in [4.78, 5) is 41.4. The normalized spacial score (nSPS) is 11.1. The Hall–Kier alpha value is -3.73. The summed E-state index contributed by atoms with van der Waals surface area (Å²) in [6.07, 6.45) is 0. The van der Waals surface area contributed by atoms with Crippen molar-refractivity contribution in [1.29, 1.82) is 0 Å². The van der Waals surface area contributed by atoms with E-state index in [2.05, 4.69) is 19.9 Å². The summed E-state index contributed by atoms with van der Waals surface area (Å²) in [7, 11) is 0. The minimum atomic E-state index is -0.658. The third-order valence-corrected chi connectivity index (χ3v) is 6.01. The molecule has 35 heavy (non-hydrogen) atoms. The fraction of sp³-hybridized carbons (Fsp3) is 0.250. The van der Waals surface area contributed by atoms with Crippen molar-refractivity contribution in [2.24, 2.45) is 0 Å². The van der Waals surface area contributed by atoms with Gasteiger partial charge in [-0.15, -0.1) is 0 Å². The lowest BCUT2D eigenvalue weighted by Crippen LogP contribution is -2.11. The Morgan fingerprint density at radius 2 is 1.09 bits per heavy atom. The van der Waals surface area contributed by atoms with E-state index in [4.69, 9.17) is 9.47 Å². The van der Waals surface area contributed by atoms with E-state index < -0.39 is 23.6 Å². The van der Waals surface area contributed by atoms with Crippen LogP contribution in [0.15, 0.2) is 34.1 Å². The van der Waals surface area contributed by atoms with Crippen molar-refractivity contribution in [2.45, 2.75) is 37.5 Å². The lowest BCUT2D eigenvalue weighted by Gasteiger charge is -2.10. The summed E-state index contributed by atoms with van der Waals surface area (Å²) >= 11 is 0.851. The van der Waals surface area contributed by atoms with E-state index >= 15 is 0 Å². The van der Waals surface area contributed by atoms with Crippen LogP contribution >= 0.6 is 11.8 Å². The quantitative estimate of drug-likeness (QED) is 0.341. The largest absolute Gasteiger partial charge is 0.461 e. The summed E-state index contributed by atoms with van der Waals surface area (Å²) in [5.41, 5.74) is 1.72. The standard InChI is InChI=1S/C24H20F2N4O4S/c1-5-33-23(31)21-11(3)27-17-9-19(13(25)7-15(17)29-21)35-20-10-18-16(8-14(20)26)30-22(12(4)28-18)24(32)34-6-2/h7-10H,5-6H2,1-4H3. The number of benzene rings is 2. The van der Waals surface area contributed by atoms with E-state index in [0.29, 0.717) is 22.4 Å². The molecule has 2 aromatic heterocycles. The number of aromatic nitrogens is 4. The van der Waals surface area contributed by atoms with Crippen LogP contribution in [0.25, 0.3) is 22.1 Å². The van der Waals surface area contributed by atoms with Crippen molar-refractivity contribution < 1.29 is 27.8 Å². The Balaban J connectivity index is 1.72. The van der Waals surface area contributed by atoms with Gasteiger partial charge in [-0.3, -0.25) is 0 Å². The van der Waals surface area contributed by atoms with Crippen LogP contribution in [0.2, 0.25) is 0 Å². The van der Waals surface area contributed by atoms with Crippen LogP contribution in [0, 0.1) is 25.5 Å². The molecule has 0 aliphatic carbocycles. The highest BCUT2D eigenvalue weighted by atomic mass is 32.2. The molecule has 0 atom stereocenters. The van der Waals surface area contributed by atoms with Gasteiger partial charge in [0.2, 0.25) is 0 Å². The molecule has 0 radical (unpaired) electrons. The van der Waals surface area contributed by atoms with Crippen molar-refractivity contribution in [3.05, 3.63) is 58.7 Å². The van der Waals surface area contributed by atoms with Crippen LogP contribution < -0.4 is 0 Å². The van der Waals surface area contributed by atoms with Crippen molar-refractivity contribution >= 4 is 45.8 Å². The first-order chi connectivity index (χ1) is 16.7. The fourth-order valence-corrected chi connectivity index (χ4v) is 4.24. The van der Waals surface area contributed by atoms with E-state index in [1.165, 1.54) is 12.1 Å². The van der Waals surface area contributed by atoms with E-state index in [9.17, 15) is 18.4 Å². The minimum Gasteiger partial charge on any atom is -0.461 e. The number of rotatable bonds is 6. The highest BCUT2D eigenvalue weighted by molar-refractivity contribution is 7.99. The van der Waals surface area contributed by atoms with E-state index in [-0.39, 0.29) is 45.4 Å². The smallest absolute Gasteiger partial charge is 0.358 e. The molecule has 2 heterocycles. The number of carbonyl (C=O) groups excluding carboxylic acids is 2. The molecule has 0 amide bonds. The summed E-state index contributed by atoms with van der Waals surface area (Å²) < 4.78 is 39.7. The van der Waals surface area contributed by atoms with E-state index in [1.54, 1.807) is 27.7 Å². The SMILES string of the molecule is CCOC(=O)c1nc2cc(F)c(Sc3cc4nc(C)c(C(=O)OCC)nc4cc3F)cc2nc1C. The number of hydrogen-bond acceptors (Lipinski definition) is 9. The monoisotopic (exact) mass is 498 g/mol. The Bertz CT molecular complexity index is 1390. The molecule has 0 spiro atoms. The number of hydrogen-bond donors (Lipinski definition) is 0. The Morgan fingerprint density at radius 3 is 1.46 bits per heavy atom. The van der Waals surface area contributed by atoms with Crippen molar-refractivity contribution in [3.8, 4) is 0 Å². The van der Waals surface area contributed by atoms with Gasteiger partial charge in [0.25, 0.3) is 0 Å². The average Bonchev–Trinajstić information content (AvgIpc) is 2.80. The average molecular weight is 499 g/mol. The highest BCUT2D eigenvalue weighted by Crippen LogP contribution is 2.35. The van der Waals surface area contributed by atoms with Gasteiger partial charge in [0.05, 0.1) is 56.5 Å². The topological polar surface area (TPSA) is 104 Å². The lowest BCUT2D eigenvalue weighted by atomic mass is 10.2. The van der Waals surface area contributed by atoms with E-state index in [1.807, 2.05) is 0 Å². The second kappa shape index (κ2) is 9.87. The molecule has 0 bridgehead atoms. The second-order valence-electron chi connectivity index (χ2n) is 7.40. The molecule has 0 saturated heterocycles. The van der Waals surface area contributed by atoms with Crippen LogP contribution in [0.1, 0.15) is 46.2 Å². The lowest BCUT2D eigenvalue weighted by molar-refractivity contribution is 0.0509. The zero-order valence-electron chi connectivity index (χ0n) is 19.3. The third kappa shape index (κ3) is 4.90. The van der Waals surface area contributed by atoms with Gasteiger partial charge in [-0.05, 0) is 39.8 Å². The van der Waals surface area contributed by atoms with Crippen LogP contribution in [0.3, 0.4) is 0 Å². The summed E-state index contributed by atoms with van der Waals surface area (Å²) in [6.45, 7) is 6.89. The number of ether oxygens (including phenoxy) is 2. The van der Waals surface area contributed by atoms with Gasteiger partial charge < -0.3 is 9.47 Å². The Morgan fingerprint density at radius 1 is 0.714 bits per heavy atom. The summed E-state index contributed by atoms with van der Waals surface area (Å²) in [6, 6.07) is 5.16. The number of nitrogens with zero attached hydrogens (tertiary/aromatic N) is 4. The number of esters is 2. The van der Waals surface area contributed by atoms with Gasteiger partial charge in [-0.25, -0.2) is 38.3 Å².